The van der Waals surface area contributed by atoms with Crippen molar-refractivity contribution in [3.8, 4) is 0 Å². The van der Waals surface area contributed by atoms with Gasteiger partial charge in [0, 0.05) is 31.7 Å². The zero-order valence-corrected chi connectivity index (χ0v) is 11.9. The second kappa shape index (κ2) is 5.61. The minimum Gasteiger partial charge on any atom is -0.294 e. The highest BCUT2D eigenvalue weighted by molar-refractivity contribution is 5.21. The lowest BCUT2D eigenvalue weighted by molar-refractivity contribution is 0.275. The Labute approximate surface area is 110 Å². The topological polar surface area (TPSA) is 29.0 Å². The second-order valence-corrected chi connectivity index (χ2v) is 5.62. The average Bonchev–Trinajstić information content (AvgIpc) is 2.35. The Morgan fingerprint density at radius 3 is 2.89 bits per heavy atom. The molecule has 1 aliphatic rings. The van der Waals surface area contributed by atoms with Gasteiger partial charge in [-0.3, -0.25) is 4.90 Å². The molecular formula is C15H23N3. The Kier molecular flexibility index (Phi) is 4.12. The van der Waals surface area contributed by atoms with Crippen LogP contribution in [-0.2, 0) is 13.0 Å². The maximum absolute atomic E-state index is 4.72. The third-order valence-corrected chi connectivity index (χ3v) is 3.32. The summed E-state index contributed by atoms with van der Waals surface area (Å²) < 4.78 is 0. The van der Waals surface area contributed by atoms with Crippen molar-refractivity contribution < 1.29 is 0 Å². The van der Waals surface area contributed by atoms with Crippen molar-refractivity contribution >= 4 is 0 Å². The summed E-state index contributed by atoms with van der Waals surface area (Å²) in [6.07, 6.45) is 5.38. The van der Waals surface area contributed by atoms with Gasteiger partial charge in [-0.2, -0.15) is 0 Å². The van der Waals surface area contributed by atoms with Gasteiger partial charge in [0.05, 0.1) is 5.69 Å². The van der Waals surface area contributed by atoms with E-state index >= 15 is 0 Å². The number of allylic oxidation sites excluding steroid dienone is 1. The van der Waals surface area contributed by atoms with Crippen molar-refractivity contribution in [2.75, 3.05) is 13.1 Å². The molecule has 3 nitrogen and oxygen atoms in total. The summed E-state index contributed by atoms with van der Waals surface area (Å²) >= 11 is 0. The highest BCUT2D eigenvalue weighted by Gasteiger charge is 2.18. The van der Waals surface area contributed by atoms with Crippen molar-refractivity contribution in [1.29, 1.82) is 0 Å². The summed E-state index contributed by atoms with van der Waals surface area (Å²) in [6.45, 7) is 11.7. The molecule has 98 valence electrons. The Hall–Kier alpha value is -1.22. The molecule has 2 heterocycles. The molecule has 0 aromatic carbocycles. The summed E-state index contributed by atoms with van der Waals surface area (Å²) in [6, 6.07) is 0. The Balaban J connectivity index is 2.12. The maximum Gasteiger partial charge on any atom is 0.131 e. The van der Waals surface area contributed by atoms with Crippen LogP contribution in [-0.4, -0.2) is 28.0 Å². The van der Waals surface area contributed by atoms with E-state index in [4.69, 9.17) is 4.98 Å². The van der Waals surface area contributed by atoms with Gasteiger partial charge in [-0.1, -0.05) is 25.5 Å². The molecule has 1 aromatic rings. The zero-order chi connectivity index (χ0) is 13.1. The normalized spacial score (nSPS) is 15.6. The quantitative estimate of drug-likeness (QED) is 0.767. The first kappa shape index (κ1) is 13.2. The predicted molar refractivity (Wildman–Crippen MR) is 74.5 cm³/mol. The minimum atomic E-state index is 0.406. The van der Waals surface area contributed by atoms with Gasteiger partial charge in [0.2, 0.25) is 0 Å². The number of rotatable bonds is 3. The van der Waals surface area contributed by atoms with Gasteiger partial charge in [0.25, 0.3) is 0 Å². The van der Waals surface area contributed by atoms with Crippen LogP contribution in [0.1, 0.15) is 50.7 Å². The molecule has 0 spiro atoms. The summed E-state index contributed by atoms with van der Waals surface area (Å²) in [5, 5.41) is 0. The van der Waals surface area contributed by atoms with Crippen LogP contribution < -0.4 is 0 Å². The van der Waals surface area contributed by atoms with Gasteiger partial charge >= 0.3 is 0 Å². The molecule has 0 atom stereocenters. The smallest absolute Gasteiger partial charge is 0.131 e. The van der Waals surface area contributed by atoms with E-state index in [0.717, 1.165) is 31.9 Å². The lowest BCUT2D eigenvalue weighted by atomic mass is 10.1. The van der Waals surface area contributed by atoms with Crippen LogP contribution in [0.4, 0.5) is 0 Å². The van der Waals surface area contributed by atoms with E-state index in [1.54, 1.807) is 0 Å². The third-order valence-electron chi connectivity index (χ3n) is 3.32. The van der Waals surface area contributed by atoms with Crippen LogP contribution in [0.3, 0.4) is 0 Å². The zero-order valence-electron chi connectivity index (χ0n) is 11.9. The second-order valence-electron chi connectivity index (χ2n) is 5.62. The molecule has 0 amide bonds. The van der Waals surface area contributed by atoms with Crippen molar-refractivity contribution in [2.24, 2.45) is 0 Å². The van der Waals surface area contributed by atoms with Gasteiger partial charge in [0.15, 0.2) is 0 Å². The molecule has 0 N–H and O–H groups in total. The summed E-state index contributed by atoms with van der Waals surface area (Å²) in [4.78, 5) is 11.6. The molecular weight excluding hydrogens is 222 g/mol. The van der Waals surface area contributed by atoms with Gasteiger partial charge < -0.3 is 0 Å². The third kappa shape index (κ3) is 3.16. The number of aromatic nitrogens is 2. The van der Waals surface area contributed by atoms with E-state index in [2.05, 4.69) is 43.7 Å². The van der Waals surface area contributed by atoms with Crippen molar-refractivity contribution in [3.63, 3.8) is 0 Å². The summed E-state index contributed by atoms with van der Waals surface area (Å²) in [7, 11) is 0. The lowest BCUT2D eigenvalue weighted by Gasteiger charge is -2.27. The maximum atomic E-state index is 4.72. The minimum absolute atomic E-state index is 0.406. The van der Waals surface area contributed by atoms with E-state index in [9.17, 15) is 0 Å². The van der Waals surface area contributed by atoms with Crippen LogP contribution in [0.25, 0.3) is 0 Å². The van der Waals surface area contributed by atoms with Gasteiger partial charge in [-0.25, -0.2) is 9.97 Å². The Morgan fingerprint density at radius 1 is 1.44 bits per heavy atom. The van der Waals surface area contributed by atoms with Crippen LogP contribution in [0.5, 0.6) is 0 Å². The molecule has 2 rings (SSSR count). The molecule has 0 bridgehead atoms. The predicted octanol–water partition coefficient (Wildman–Crippen LogP) is 2.92. The van der Waals surface area contributed by atoms with E-state index < -0.39 is 0 Å². The molecule has 1 aromatic heterocycles. The molecule has 0 saturated heterocycles. The van der Waals surface area contributed by atoms with Crippen LogP contribution in [0, 0.1) is 0 Å². The van der Waals surface area contributed by atoms with Crippen molar-refractivity contribution in [1.82, 2.24) is 14.9 Å². The number of hydrogen-bond donors (Lipinski definition) is 0. The largest absolute Gasteiger partial charge is 0.294 e. The number of nitrogens with zero attached hydrogens (tertiary/aromatic N) is 3. The molecule has 0 saturated carbocycles. The molecule has 18 heavy (non-hydrogen) atoms. The first-order valence-corrected chi connectivity index (χ1v) is 6.76. The van der Waals surface area contributed by atoms with E-state index in [-0.39, 0.29) is 0 Å². The molecule has 0 radical (unpaired) electrons. The Bertz CT molecular complexity index is 445. The fourth-order valence-electron chi connectivity index (χ4n) is 2.12. The molecule has 1 aliphatic heterocycles. The molecule has 3 heteroatoms. The van der Waals surface area contributed by atoms with Gasteiger partial charge in [-0.15, -0.1) is 0 Å². The SMILES string of the molecule is CC(C)=CCN1CCc2cnc(C(C)C)nc2C1. The monoisotopic (exact) mass is 245 g/mol. The van der Waals surface area contributed by atoms with Crippen LogP contribution in [0.2, 0.25) is 0 Å². The van der Waals surface area contributed by atoms with Crippen LogP contribution in [0.15, 0.2) is 17.8 Å². The summed E-state index contributed by atoms with van der Waals surface area (Å²) in [5.74, 6) is 1.38. The molecule has 0 fully saturated rings. The van der Waals surface area contributed by atoms with Crippen LogP contribution >= 0.6 is 0 Å². The number of fused-ring (bicyclic) bond motifs is 1. The van der Waals surface area contributed by atoms with Gasteiger partial charge in [-0.05, 0) is 25.8 Å². The van der Waals surface area contributed by atoms with E-state index in [1.807, 2.05) is 6.20 Å². The van der Waals surface area contributed by atoms with Gasteiger partial charge in [0.1, 0.15) is 5.82 Å². The van der Waals surface area contributed by atoms with Crippen molar-refractivity contribution in [3.05, 3.63) is 34.9 Å². The van der Waals surface area contributed by atoms with E-state index in [1.165, 1.54) is 16.8 Å². The highest BCUT2D eigenvalue weighted by atomic mass is 15.1. The van der Waals surface area contributed by atoms with E-state index in [0.29, 0.717) is 5.92 Å². The Morgan fingerprint density at radius 2 is 2.22 bits per heavy atom. The molecule has 0 aliphatic carbocycles. The standard InChI is InChI=1S/C15H23N3/c1-11(2)5-7-18-8-6-13-9-16-15(12(3)4)17-14(13)10-18/h5,9,12H,6-8,10H2,1-4H3. The first-order valence-electron chi connectivity index (χ1n) is 6.76. The molecule has 0 unspecified atom stereocenters. The number of hydrogen-bond acceptors (Lipinski definition) is 3. The fourth-order valence-corrected chi connectivity index (χ4v) is 2.12. The fraction of sp³-hybridized carbons (Fsp3) is 0.600. The first-order chi connectivity index (χ1) is 8.56. The highest BCUT2D eigenvalue weighted by Crippen LogP contribution is 2.18. The average molecular weight is 245 g/mol. The van der Waals surface area contributed by atoms with Crippen molar-refractivity contribution in [2.45, 2.75) is 46.6 Å². The lowest BCUT2D eigenvalue weighted by Crippen LogP contribution is -2.32. The summed E-state index contributed by atoms with van der Waals surface area (Å²) in [5.41, 5.74) is 3.93.